The number of carbonyl (C=O) groups is 1. The minimum Gasteiger partial charge on any atom is -0.505 e. The molecule has 1 amide bonds. The van der Waals surface area contributed by atoms with Crippen LogP contribution >= 0.6 is 11.6 Å². The lowest BCUT2D eigenvalue weighted by Gasteiger charge is -2.12. The Morgan fingerprint density at radius 2 is 1.70 bits per heavy atom. The smallest absolute Gasteiger partial charge is 0.296 e. The molecule has 3 N–H and O–H groups in total. The van der Waals surface area contributed by atoms with E-state index < -0.39 is 26.7 Å². The number of carbonyl (C=O) groups excluding carboxylic acids is 1. The molecule has 0 radical (unpaired) electrons. The maximum atomic E-state index is 13.1. The predicted octanol–water partition coefficient (Wildman–Crippen LogP) is 6.82. The van der Waals surface area contributed by atoms with Crippen LogP contribution in [0.2, 0.25) is 5.02 Å². The molecule has 0 bridgehead atoms. The summed E-state index contributed by atoms with van der Waals surface area (Å²) in [5.74, 6) is -0.422. The number of rotatable bonds is 7. The van der Waals surface area contributed by atoms with Gasteiger partial charge >= 0.3 is 0 Å². The molecule has 0 unspecified atom stereocenters. The Morgan fingerprint density at radius 3 is 2.38 bits per heavy atom. The van der Waals surface area contributed by atoms with Gasteiger partial charge in [0.15, 0.2) is 5.75 Å². The molecule has 0 atom stereocenters. The van der Waals surface area contributed by atoms with Crippen molar-refractivity contribution in [2.24, 2.45) is 10.2 Å². The van der Waals surface area contributed by atoms with Gasteiger partial charge < -0.3 is 15.2 Å². The number of ether oxygens (including phenoxy) is 1. The third kappa shape index (κ3) is 5.72. The molecule has 0 aliphatic heterocycles. The quantitative estimate of drug-likeness (QED) is 0.174. The number of aryl methyl sites for hydroxylation is 1. The van der Waals surface area contributed by atoms with Crippen molar-refractivity contribution in [3.8, 4) is 11.5 Å². The summed E-state index contributed by atoms with van der Waals surface area (Å²) >= 11 is 6.20. The van der Waals surface area contributed by atoms with Crippen molar-refractivity contribution in [1.29, 1.82) is 0 Å². The molecule has 37 heavy (non-hydrogen) atoms. The van der Waals surface area contributed by atoms with Gasteiger partial charge in [-0.3, -0.25) is 9.35 Å². The van der Waals surface area contributed by atoms with Crippen LogP contribution in [0.3, 0.4) is 0 Å². The second-order valence-corrected chi connectivity index (χ2v) is 9.82. The van der Waals surface area contributed by atoms with E-state index in [0.29, 0.717) is 34.4 Å². The molecule has 0 aliphatic rings. The van der Waals surface area contributed by atoms with Crippen LogP contribution < -0.4 is 10.1 Å². The number of phenols is 1. The molecule has 11 heteroatoms. The van der Waals surface area contributed by atoms with E-state index in [1.165, 1.54) is 18.2 Å². The number of phenolic OH excluding ortho intramolecular Hbond substituents is 1. The van der Waals surface area contributed by atoms with Crippen molar-refractivity contribution in [2.45, 2.75) is 18.7 Å². The molecule has 0 spiro atoms. The van der Waals surface area contributed by atoms with Crippen LogP contribution in [0.15, 0.2) is 81.9 Å². The molecule has 0 saturated carbocycles. The average molecular weight is 540 g/mol. The largest absolute Gasteiger partial charge is 0.505 e. The molecule has 4 aromatic carbocycles. The number of anilines is 1. The minimum absolute atomic E-state index is 0.0652. The Hall–Kier alpha value is -3.99. The molecule has 4 aromatic rings. The lowest BCUT2D eigenvalue weighted by Crippen LogP contribution is -2.12. The van der Waals surface area contributed by atoms with Gasteiger partial charge in [-0.25, -0.2) is 0 Å². The summed E-state index contributed by atoms with van der Waals surface area (Å²) in [6, 6.07) is 17.8. The molecular formula is C26H22ClN3O6S. The first-order valence-corrected chi connectivity index (χ1v) is 12.9. The Labute approximate surface area is 218 Å². The van der Waals surface area contributed by atoms with Crippen LogP contribution in [0.5, 0.6) is 11.5 Å². The molecule has 0 saturated heterocycles. The van der Waals surface area contributed by atoms with E-state index >= 15 is 0 Å². The molecule has 190 valence electrons. The number of hydrogen-bond donors (Lipinski definition) is 3. The number of benzene rings is 4. The Morgan fingerprint density at radius 1 is 1.03 bits per heavy atom. The molecule has 4 rings (SSSR count). The molecule has 0 heterocycles. The van der Waals surface area contributed by atoms with Gasteiger partial charge in [-0.1, -0.05) is 35.9 Å². The maximum Gasteiger partial charge on any atom is 0.296 e. The monoisotopic (exact) mass is 539 g/mol. The molecule has 0 fully saturated rings. The van der Waals surface area contributed by atoms with Gasteiger partial charge in [0, 0.05) is 11.1 Å². The number of hydrogen-bond acceptors (Lipinski definition) is 7. The Balaban J connectivity index is 1.79. The highest BCUT2D eigenvalue weighted by molar-refractivity contribution is 7.86. The fourth-order valence-electron chi connectivity index (χ4n) is 3.69. The number of fused-ring (bicyclic) bond motifs is 1. The SMILES string of the molecule is CCOc1ccc(NC(=O)c2cc3ccccc3c(N=Nc3c(Cl)cc(C)cc3S(=O)(=O)O)c2O)cc1. The van der Waals surface area contributed by atoms with Gasteiger partial charge in [0.1, 0.15) is 22.0 Å². The summed E-state index contributed by atoms with van der Waals surface area (Å²) in [6.45, 7) is 3.98. The van der Waals surface area contributed by atoms with Crippen LogP contribution in [0.4, 0.5) is 17.1 Å². The third-order valence-electron chi connectivity index (χ3n) is 5.36. The van der Waals surface area contributed by atoms with E-state index in [1.807, 2.05) is 6.92 Å². The number of halogens is 1. The van der Waals surface area contributed by atoms with E-state index in [4.69, 9.17) is 16.3 Å². The zero-order valence-electron chi connectivity index (χ0n) is 19.8. The van der Waals surface area contributed by atoms with Crippen LogP contribution in [-0.4, -0.2) is 30.6 Å². The van der Waals surface area contributed by atoms with Crippen molar-refractivity contribution in [2.75, 3.05) is 11.9 Å². The predicted molar refractivity (Wildman–Crippen MR) is 141 cm³/mol. The van der Waals surface area contributed by atoms with Crippen LogP contribution in [0.25, 0.3) is 10.8 Å². The average Bonchev–Trinajstić information content (AvgIpc) is 2.84. The zero-order valence-corrected chi connectivity index (χ0v) is 21.3. The Kier molecular flexibility index (Phi) is 7.44. The topological polar surface area (TPSA) is 138 Å². The molecule has 0 aliphatic carbocycles. The lowest BCUT2D eigenvalue weighted by atomic mass is 10.0. The summed E-state index contributed by atoms with van der Waals surface area (Å²) < 4.78 is 38.9. The number of amides is 1. The van der Waals surface area contributed by atoms with E-state index in [-0.39, 0.29) is 22.0 Å². The van der Waals surface area contributed by atoms with Gasteiger partial charge in [0.25, 0.3) is 16.0 Å². The van der Waals surface area contributed by atoms with E-state index in [1.54, 1.807) is 55.5 Å². The van der Waals surface area contributed by atoms with E-state index in [9.17, 15) is 22.9 Å². The van der Waals surface area contributed by atoms with Gasteiger partial charge in [0.2, 0.25) is 0 Å². The Bertz CT molecular complexity index is 1640. The maximum absolute atomic E-state index is 13.1. The number of aromatic hydroxyl groups is 1. The first kappa shape index (κ1) is 26.1. The summed E-state index contributed by atoms with van der Waals surface area (Å²) in [7, 11) is -4.67. The second-order valence-electron chi connectivity index (χ2n) is 8.02. The first-order valence-electron chi connectivity index (χ1n) is 11.1. The van der Waals surface area contributed by atoms with Gasteiger partial charge in [-0.15, -0.1) is 10.2 Å². The highest BCUT2D eigenvalue weighted by atomic mass is 35.5. The van der Waals surface area contributed by atoms with Crippen LogP contribution in [0.1, 0.15) is 22.8 Å². The first-order chi connectivity index (χ1) is 17.6. The zero-order chi connectivity index (χ0) is 26.7. The van der Waals surface area contributed by atoms with E-state index in [0.717, 1.165) is 0 Å². The lowest BCUT2D eigenvalue weighted by molar-refractivity contribution is 0.102. The number of azo groups is 1. The van der Waals surface area contributed by atoms with E-state index in [2.05, 4.69) is 15.5 Å². The van der Waals surface area contributed by atoms with Gasteiger partial charge in [-0.2, -0.15) is 8.42 Å². The molecule has 9 nitrogen and oxygen atoms in total. The summed E-state index contributed by atoms with van der Waals surface area (Å²) in [6.07, 6.45) is 0. The number of nitrogens with one attached hydrogen (secondary N) is 1. The molecular weight excluding hydrogens is 518 g/mol. The summed E-state index contributed by atoms with van der Waals surface area (Å²) in [5, 5.41) is 22.7. The fraction of sp³-hybridized carbons (Fsp3) is 0.115. The van der Waals surface area contributed by atoms with Crippen molar-refractivity contribution in [3.05, 3.63) is 82.9 Å². The van der Waals surface area contributed by atoms with Gasteiger partial charge in [-0.05, 0) is 67.3 Å². The molecule has 0 aromatic heterocycles. The fourth-order valence-corrected chi connectivity index (χ4v) is 4.79. The normalized spacial score (nSPS) is 11.7. The summed E-state index contributed by atoms with van der Waals surface area (Å²) in [5.41, 5.74) is 0.508. The standard InChI is InChI=1S/C26H22ClN3O6S/c1-3-36-18-10-8-17(9-11-18)28-26(32)20-14-16-6-4-5-7-19(16)23(25(20)31)29-30-24-21(27)12-15(2)13-22(24)37(33,34)35/h4-14,31H,3H2,1-2H3,(H,28,32)(H,33,34,35). The summed E-state index contributed by atoms with van der Waals surface area (Å²) in [4.78, 5) is 12.6. The minimum atomic E-state index is -4.67. The second kappa shape index (κ2) is 10.6. The number of nitrogens with zero attached hydrogens (tertiary/aromatic N) is 2. The third-order valence-corrected chi connectivity index (χ3v) is 6.52. The van der Waals surface area contributed by atoms with Crippen LogP contribution in [0, 0.1) is 6.92 Å². The highest BCUT2D eigenvalue weighted by Gasteiger charge is 2.21. The van der Waals surface area contributed by atoms with Crippen molar-refractivity contribution >= 4 is 55.5 Å². The van der Waals surface area contributed by atoms with Crippen molar-refractivity contribution in [3.63, 3.8) is 0 Å². The highest BCUT2D eigenvalue weighted by Crippen LogP contribution is 2.41. The van der Waals surface area contributed by atoms with Crippen LogP contribution in [-0.2, 0) is 10.1 Å². The van der Waals surface area contributed by atoms with Gasteiger partial charge in [0.05, 0.1) is 17.2 Å². The van der Waals surface area contributed by atoms with Crippen molar-refractivity contribution in [1.82, 2.24) is 0 Å². The van der Waals surface area contributed by atoms with Crippen molar-refractivity contribution < 1.29 is 27.6 Å².